The predicted molar refractivity (Wildman–Crippen MR) is 89.3 cm³/mol. The zero-order valence-electron chi connectivity index (χ0n) is 11.4. The second-order valence-corrected chi connectivity index (χ2v) is 5.26. The Bertz CT molecular complexity index is 507. The van der Waals surface area contributed by atoms with Crippen LogP contribution >= 0.6 is 15.9 Å². The van der Waals surface area contributed by atoms with Gasteiger partial charge in [0.25, 0.3) is 0 Å². The average Bonchev–Trinajstić information content (AvgIpc) is 2.53. The van der Waals surface area contributed by atoms with Crippen molar-refractivity contribution < 1.29 is 4.74 Å². The van der Waals surface area contributed by atoms with E-state index >= 15 is 0 Å². The number of ether oxygens (including phenoxy) is 1. The van der Waals surface area contributed by atoms with Crippen LogP contribution in [0, 0.1) is 0 Å². The lowest BCUT2D eigenvalue weighted by Gasteiger charge is -2.14. The molecule has 0 aliphatic carbocycles. The minimum atomic E-state index is 0.404. The highest BCUT2D eigenvalue weighted by Gasteiger charge is 2.08. The van der Waals surface area contributed by atoms with E-state index in [1.165, 1.54) is 11.1 Å². The first-order chi connectivity index (χ1) is 9.90. The average molecular weight is 331 g/mol. The Kier molecular flexibility index (Phi) is 6.55. The molecule has 1 nitrogen and oxygen atoms in total. The molecule has 0 bridgehead atoms. The smallest absolute Gasteiger partial charge is 0.0651 e. The number of benzene rings is 2. The molecular formula is C18H19BrO. The molecule has 0 aliphatic rings. The fourth-order valence-corrected chi connectivity index (χ4v) is 2.54. The third-order valence-electron chi connectivity index (χ3n) is 3.10. The number of halogens is 1. The number of hydrogen-bond acceptors (Lipinski definition) is 1. The van der Waals surface area contributed by atoms with E-state index in [1.807, 2.05) is 24.3 Å². The summed E-state index contributed by atoms with van der Waals surface area (Å²) in [5.74, 6) is 0.404. The molecule has 0 saturated heterocycles. The van der Waals surface area contributed by atoms with Crippen LogP contribution < -0.4 is 0 Å². The van der Waals surface area contributed by atoms with Crippen molar-refractivity contribution in [3.63, 3.8) is 0 Å². The van der Waals surface area contributed by atoms with Gasteiger partial charge in [0.2, 0.25) is 0 Å². The van der Waals surface area contributed by atoms with E-state index in [0.717, 1.165) is 11.9 Å². The van der Waals surface area contributed by atoms with E-state index in [-0.39, 0.29) is 0 Å². The van der Waals surface area contributed by atoms with Gasteiger partial charge in [0.15, 0.2) is 0 Å². The molecule has 104 valence electrons. The Balaban J connectivity index is 1.76. The van der Waals surface area contributed by atoms with Gasteiger partial charge in [-0.05, 0) is 11.1 Å². The van der Waals surface area contributed by atoms with E-state index in [4.69, 9.17) is 4.74 Å². The highest BCUT2D eigenvalue weighted by molar-refractivity contribution is 9.09. The molecule has 2 aromatic carbocycles. The Morgan fingerprint density at radius 2 is 1.60 bits per heavy atom. The Labute approximate surface area is 129 Å². The lowest BCUT2D eigenvalue weighted by molar-refractivity contribution is 0.152. The number of alkyl halides is 1. The van der Waals surface area contributed by atoms with Gasteiger partial charge in [-0.2, -0.15) is 0 Å². The predicted octanol–water partition coefficient (Wildman–Crippen LogP) is 4.90. The van der Waals surface area contributed by atoms with Crippen molar-refractivity contribution >= 4 is 22.0 Å². The highest BCUT2D eigenvalue weighted by atomic mass is 79.9. The van der Waals surface area contributed by atoms with Crippen LogP contribution in [-0.4, -0.2) is 18.5 Å². The molecule has 0 heterocycles. The van der Waals surface area contributed by atoms with Gasteiger partial charge in [0.05, 0.1) is 13.2 Å². The lowest BCUT2D eigenvalue weighted by atomic mass is 10.0. The first-order valence-corrected chi connectivity index (χ1v) is 7.92. The van der Waals surface area contributed by atoms with Gasteiger partial charge in [0, 0.05) is 11.2 Å². The Morgan fingerprint density at radius 3 is 2.25 bits per heavy atom. The Morgan fingerprint density at radius 1 is 0.950 bits per heavy atom. The number of hydrogen-bond donors (Lipinski definition) is 0. The van der Waals surface area contributed by atoms with Gasteiger partial charge in [-0.25, -0.2) is 0 Å². The van der Waals surface area contributed by atoms with Gasteiger partial charge in [0.1, 0.15) is 0 Å². The fraction of sp³-hybridized carbons (Fsp3) is 0.222. The van der Waals surface area contributed by atoms with Crippen LogP contribution in [0.15, 0.2) is 66.7 Å². The van der Waals surface area contributed by atoms with E-state index in [0.29, 0.717) is 12.5 Å². The van der Waals surface area contributed by atoms with E-state index in [2.05, 4.69) is 64.5 Å². The van der Waals surface area contributed by atoms with Gasteiger partial charge in [-0.3, -0.25) is 0 Å². The summed E-state index contributed by atoms with van der Waals surface area (Å²) in [4.78, 5) is 0. The third-order valence-corrected chi connectivity index (χ3v) is 3.88. The van der Waals surface area contributed by atoms with Crippen molar-refractivity contribution in [3.05, 3.63) is 77.9 Å². The molecule has 20 heavy (non-hydrogen) atoms. The Hall–Kier alpha value is -1.38. The largest absolute Gasteiger partial charge is 0.377 e. The summed E-state index contributed by atoms with van der Waals surface area (Å²) in [7, 11) is 0. The fourth-order valence-electron chi connectivity index (χ4n) is 1.98. The zero-order valence-corrected chi connectivity index (χ0v) is 13.0. The normalized spacial score (nSPS) is 12.7. The topological polar surface area (TPSA) is 9.23 Å². The minimum absolute atomic E-state index is 0.404. The molecule has 2 rings (SSSR count). The number of rotatable bonds is 7. The molecule has 0 aromatic heterocycles. The first kappa shape index (κ1) is 15.0. The summed E-state index contributed by atoms with van der Waals surface area (Å²) in [5, 5.41) is 0.916. The third kappa shape index (κ3) is 4.95. The molecule has 2 aromatic rings. The summed E-state index contributed by atoms with van der Waals surface area (Å²) in [6.45, 7) is 1.37. The van der Waals surface area contributed by atoms with Gasteiger partial charge < -0.3 is 4.74 Å². The maximum atomic E-state index is 5.75. The van der Waals surface area contributed by atoms with Crippen LogP contribution in [0.2, 0.25) is 0 Å². The maximum Gasteiger partial charge on any atom is 0.0651 e. The monoisotopic (exact) mass is 330 g/mol. The molecule has 0 amide bonds. The molecule has 0 N–H and O–H groups in total. The second kappa shape index (κ2) is 8.72. The molecule has 0 radical (unpaired) electrons. The maximum absolute atomic E-state index is 5.75. The molecule has 0 aliphatic heterocycles. The van der Waals surface area contributed by atoms with Crippen LogP contribution in [-0.2, 0) is 4.74 Å². The van der Waals surface area contributed by atoms with Gasteiger partial charge in [-0.1, -0.05) is 88.7 Å². The highest BCUT2D eigenvalue weighted by Crippen LogP contribution is 2.18. The van der Waals surface area contributed by atoms with Crippen molar-refractivity contribution in [2.24, 2.45) is 0 Å². The first-order valence-electron chi connectivity index (χ1n) is 6.80. The van der Waals surface area contributed by atoms with E-state index in [1.54, 1.807) is 0 Å². The van der Waals surface area contributed by atoms with Crippen LogP contribution in [0.25, 0.3) is 6.08 Å². The van der Waals surface area contributed by atoms with Crippen LogP contribution in [0.4, 0.5) is 0 Å². The summed E-state index contributed by atoms with van der Waals surface area (Å²) >= 11 is 3.56. The molecule has 0 spiro atoms. The SMILES string of the molecule is BrCC(COCC=Cc1ccccc1)c1ccccc1. The van der Waals surface area contributed by atoms with Crippen molar-refractivity contribution in [1.82, 2.24) is 0 Å². The molecule has 1 atom stereocenters. The molecule has 0 fully saturated rings. The van der Waals surface area contributed by atoms with Crippen molar-refractivity contribution in [2.45, 2.75) is 5.92 Å². The summed E-state index contributed by atoms with van der Waals surface area (Å²) < 4.78 is 5.75. The van der Waals surface area contributed by atoms with Crippen LogP contribution in [0.3, 0.4) is 0 Å². The van der Waals surface area contributed by atoms with Crippen molar-refractivity contribution in [2.75, 3.05) is 18.5 Å². The summed E-state index contributed by atoms with van der Waals surface area (Å²) in [6.07, 6.45) is 4.15. The van der Waals surface area contributed by atoms with Crippen molar-refractivity contribution in [3.8, 4) is 0 Å². The quantitative estimate of drug-likeness (QED) is 0.518. The van der Waals surface area contributed by atoms with Crippen LogP contribution in [0.5, 0.6) is 0 Å². The van der Waals surface area contributed by atoms with Crippen LogP contribution in [0.1, 0.15) is 17.0 Å². The molecule has 0 saturated carbocycles. The zero-order chi connectivity index (χ0) is 14.0. The van der Waals surface area contributed by atoms with E-state index in [9.17, 15) is 0 Å². The lowest BCUT2D eigenvalue weighted by Crippen LogP contribution is -2.09. The standard InChI is InChI=1S/C18H19BrO/c19-14-18(17-11-5-2-6-12-17)15-20-13-7-10-16-8-3-1-4-9-16/h1-12,18H,13-15H2. The summed E-state index contributed by atoms with van der Waals surface area (Å²) in [6, 6.07) is 20.7. The summed E-state index contributed by atoms with van der Waals surface area (Å²) in [5.41, 5.74) is 2.52. The second-order valence-electron chi connectivity index (χ2n) is 4.61. The molecular weight excluding hydrogens is 312 g/mol. The van der Waals surface area contributed by atoms with E-state index < -0.39 is 0 Å². The molecule has 2 heteroatoms. The van der Waals surface area contributed by atoms with Crippen molar-refractivity contribution in [1.29, 1.82) is 0 Å². The molecule has 1 unspecified atom stereocenters. The van der Waals surface area contributed by atoms with Gasteiger partial charge >= 0.3 is 0 Å². The van der Waals surface area contributed by atoms with Gasteiger partial charge in [-0.15, -0.1) is 0 Å². The minimum Gasteiger partial charge on any atom is -0.377 e.